The molecular weight excluding hydrogens is 434 g/mol. The van der Waals surface area contributed by atoms with E-state index in [1.165, 1.54) is 0 Å². The third kappa shape index (κ3) is 9.14. The quantitative estimate of drug-likeness (QED) is 0.312. The summed E-state index contributed by atoms with van der Waals surface area (Å²) >= 11 is 5.23. The second-order valence-corrected chi connectivity index (χ2v) is 8.59. The number of rotatable bonds is 13. The van der Waals surface area contributed by atoms with Crippen LogP contribution in [0, 0.1) is 5.92 Å². The Hall–Kier alpha value is -3.06. The molecule has 3 N–H and O–H groups in total. The number of hydrogen-bond acceptors (Lipinski definition) is 4. The maximum Gasteiger partial charge on any atom is 0.252 e. The molecule has 0 aliphatic heterocycles. The van der Waals surface area contributed by atoms with E-state index in [0.717, 1.165) is 17.5 Å². The van der Waals surface area contributed by atoms with E-state index in [0.29, 0.717) is 37.2 Å². The standard InChI is InChI=1S/C26H33N3O3S/c1-3-10-22(19(2)33)24(30)29-23(25(31)27-17-15-20-11-6-4-7-12-20)26(32)28-18-16-21-13-8-5-9-14-21/h4-9,11-14,22-23H,3,10,15-18H2,1-2H3,(H,27,31)(H,28,32)(H,29,30). The summed E-state index contributed by atoms with van der Waals surface area (Å²) in [5.74, 6) is -1.98. The first-order chi connectivity index (χ1) is 15.9. The number of nitrogens with one attached hydrogen (secondary N) is 3. The second kappa shape index (κ2) is 14.2. The SMILES string of the molecule is CCCC(C(=O)NC(C(=O)NCCc1ccccc1)C(=O)NCCc1ccccc1)C(C)=S. The molecule has 176 valence electrons. The van der Waals surface area contributed by atoms with E-state index in [-0.39, 0.29) is 0 Å². The highest BCUT2D eigenvalue weighted by Gasteiger charge is 2.31. The molecule has 0 aliphatic carbocycles. The van der Waals surface area contributed by atoms with E-state index in [2.05, 4.69) is 16.0 Å². The summed E-state index contributed by atoms with van der Waals surface area (Å²) in [5, 5.41) is 8.19. The fourth-order valence-electron chi connectivity index (χ4n) is 3.45. The summed E-state index contributed by atoms with van der Waals surface area (Å²) < 4.78 is 0. The third-order valence-electron chi connectivity index (χ3n) is 5.31. The van der Waals surface area contributed by atoms with Crippen LogP contribution in [-0.4, -0.2) is 41.7 Å². The first-order valence-corrected chi connectivity index (χ1v) is 11.8. The molecule has 3 amide bonds. The number of thiocarbonyl (C=S) groups is 1. The van der Waals surface area contributed by atoms with Gasteiger partial charge in [0.15, 0.2) is 6.04 Å². The van der Waals surface area contributed by atoms with Gasteiger partial charge in [0.25, 0.3) is 11.8 Å². The number of hydrogen-bond donors (Lipinski definition) is 3. The molecule has 2 aromatic carbocycles. The van der Waals surface area contributed by atoms with Crippen molar-refractivity contribution in [2.45, 2.75) is 45.6 Å². The maximum atomic E-state index is 12.9. The smallest absolute Gasteiger partial charge is 0.252 e. The molecule has 1 unspecified atom stereocenters. The Kier molecular flexibility index (Phi) is 11.2. The molecule has 0 spiro atoms. The molecule has 0 fully saturated rings. The summed E-state index contributed by atoms with van der Waals surface area (Å²) in [4.78, 5) is 39.1. The predicted octanol–water partition coefficient (Wildman–Crippen LogP) is 3.00. The Balaban J connectivity index is 2.01. The van der Waals surface area contributed by atoms with Crippen molar-refractivity contribution < 1.29 is 14.4 Å². The molecule has 0 heterocycles. The summed E-state index contributed by atoms with van der Waals surface area (Å²) in [5.41, 5.74) is 2.15. The highest BCUT2D eigenvalue weighted by Crippen LogP contribution is 2.10. The molecule has 2 rings (SSSR count). The van der Waals surface area contributed by atoms with Gasteiger partial charge in [-0.2, -0.15) is 0 Å². The summed E-state index contributed by atoms with van der Waals surface area (Å²) in [6.45, 7) is 4.39. The Labute approximate surface area is 201 Å². The number of carbonyl (C=O) groups is 3. The van der Waals surface area contributed by atoms with Crippen molar-refractivity contribution in [3.8, 4) is 0 Å². The Morgan fingerprint density at radius 3 is 1.64 bits per heavy atom. The minimum Gasteiger partial charge on any atom is -0.354 e. The van der Waals surface area contributed by atoms with Crippen LogP contribution in [0.1, 0.15) is 37.8 Å². The van der Waals surface area contributed by atoms with Gasteiger partial charge < -0.3 is 16.0 Å². The summed E-state index contributed by atoms with van der Waals surface area (Å²) in [6.07, 6.45) is 2.59. The first-order valence-electron chi connectivity index (χ1n) is 11.4. The van der Waals surface area contributed by atoms with E-state index in [9.17, 15) is 14.4 Å². The van der Waals surface area contributed by atoms with Crippen molar-refractivity contribution in [3.63, 3.8) is 0 Å². The van der Waals surface area contributed by atoms with Crippen molar-refractivity contribution >= 4 is 34.8 Å². The van der Waals surface area contributed by atoms with E-state index >= 15 is 0 Å². The molecule has 0 aliphatic rings. The molecule has 7 heteroatoms. The predicted molar refractivity (Wildman–Crippen MR) is 135 cm³/mol. The van der Waals surface area contributed by atoms with Gasteiger partial charge in [0.2, 0.25) is 5.91 Å². The fraction of sp³-hybridized carbons (Fsp3) is 0.385. The van der Waals surface area contributed by atoms with Crippen molar-refractivity contribution in [3.05, 3.63) is 71.8 Å². The number of amides is 3. The lowest BCUT2D eigenvalue weighted by Crippen LogP contribution is -2.57. The molecule has 0 saturated carbocycles. The van der Waals surface area contributed by atoms with Gasteiger partial charge in [-0.15, -0.1) is 0 Å². The van der Waals surface area contributed by atoms with E-state index < -0.39 is 29.7 Å². The largest absolute Gasteiger partial charge is 0.354 e. The molecule has 2 aromatic rings. The highest BCUT2D eigenvalue weighted by atomic mass is 32.1. The van der Waals surface area contributed by atoms with Gasteiger partial charge in [0.1, 0.15) is 0 Å². The lowest BCUT2D eigenvalue weighted by molar-refractivity contribution is -0.137. The molecule has 0 aromatic heterocycles. The first kappa shape index (κ1) is 26.2. The normalized spacial score (nSPS) is 11.5. The minimum atomic E-state index is -1.32. The molecule has 0 radical (unpaired) electrons. The minimum absolute atomic E-state index is 0.358. The maximum absolute atomic E-state index is 12.9. The van der Waals surface area contributed by atoms with Gasteiger partial charge >= 0.3 is 0 Å². The van der Waals surface area contributed by atoms with Crippen LogP contribution in [0.3, 0.4) is 0 Å². The Bertz CT molecular complexity index is 861. The van der Waals surface area contributed by atoms with Crippen molar-refractivity contribution in [2.75, 3.05) is 13.1 Å². The number of carbonyl (C=O) groups excluding carboxylic acids is 3. The van der Waals surface area contributed by atoms with Gasteiger partial charge in [0.05, 0.1) is 5.92 Å². The fourth-order valence-corrected chi connectivity index (χ4v) is 3.68. The average molecular weight is 468 g/mol. The molecule has 0 saturated heterocycles. The van der Waals surface area contributed by atoms with Crippen molar-refractivity contribution in [1.29, 1.82) is 0 Å². The summed E-state index contributed by atoms with van der Waals surface area (Å²) in [7, 11) is 0. The zero-order chi connectivity index (χ0) is 24.1. The lowest BCUT2D eigenvalue weighted by Gasteiger charge is -2.21. The van der Waals surface area contributed by atoms with Gasteiger partial charge in [0, 0.05) is 18.0 Å². The molecule has 6 nitrogen and oxygen atoms in total. The number of benzene rings is 2. The lowest BCUT2D eigenvalue weighted by atomic mass is 9.99. The van der Waals surface area contributed by atoms with E-state index in [1.807, 2.05) is 67.6 Å². The monoisotopic (exact) mass is 467 g/mol. The molecule has 33 heavy (non-hydrogen) atoms. The molecule has 1 atom stereocenters. The van der Waals surface area contributed by atoms with Crippen LogP contribution in [-0.2, 0) is 27.2 Å². The van der Waals surface area contributed by atoms with E-state index in [1.54, 1.807) is 6.92 Å². The van der Waals surface area contributed by atoms with E-state index in [4.69, 9.17) is 12.2 Å². The van der Waals surface area contributed by atoms with Crippen LogP contribution in [0.15, 0.2) is 60.7 Å². The Morgan fingerprint density at radius 2 is 1.24 bits per heavy atom. The van der Waals surface area contributed by atoms with Crippen LogP contribution >= 0.6 is 12.2 Å². The van der Waals surface area contributed by atoms with Gasteiger partial charge in [-0.1, -0.05) is 86.2 Å². The highest BCUT2D eigenvalue weighted by molar-refractivity contribution is 7.80. The summed E-state index contributed by atoms with van der Waals surface area (Å²) in [6, 6.07) is 18.2. The Morgan fingerprint density at radius 1 is 0.788 bits per heavy atom. The zero-order valence-corrected chi connectivity index (χ0v) is 20.1. The van der Waals surface area contributed by atoms with Crippen molar-refractivity contribution in [1.82, 2.24) is 16.0 Å². The van der Waals surface area contributed by atoms with Crippen LogP contribution in [0.2, 0.25) is 0 Å². The van der Waals surface area contributed by atoms with Crippen LogP contribution in [0.25, 0.3) is 0 Å². The average Bonchev–Trinajstić information content (AvgIpc) is 2.81. The van der Waals surface area contributed by atoms with Crippen LogP contribution in [0.4, 0.5) is 0 Å². The molecule has 0 bridgehead atoms. The zero-order valence-electron chi connectivity index (χ0n) is 19.3. The van der Waals surface area contributed by atoms with Gasteiger partial charge in [-0.05, 0) is 37.3 Å². The van der Waals surface area contributed by atoms with Crippen molar-refractivity contribution in [2.24, 2.45) is 5.92 Å². The van der Waals surface area contributed by atoms with Crippen LogP contribution in [0.5, 0.6) is 0 Å². The molecular formula is C26H33N3O3S. The third-order valence-corrected chi connectivity index (χ3v) is 5.59. The second-order valence-electron chi connectivity index (χ2n) is 7.95. The van der Waals surface area contributed by atoms with Gasteiger partial charge in [-0.3, -0.25) is 14.4 Å². The van der Waals surface area contributed by atoms with Gasteiger partial charge in [-0.25, -0.2) is 0 Å². The van der Waals surface area contributed by atoms with Crippen LogP contribution < -0.4 is 16.0 Å². The topological polar surface area (TPSA) is 87.3 Å².